The van der Waals surface area contributed by atoms with Crippen LogP contribution in [0.5, 0.6) is 0 Å². The van der Waals surface area contributed by atoms with Crippen molar-refractivity contribution in [3.05, 3.63) is 65.2 Å². The van der Waals surface area contributed by atoms with Crippen LogP contribution in [0.4, 0.5) is 4.39 Å². The van der Waals surface area contributed by atoms with Crippen LogP contribution in [-0.4, -0.2) is 40.3 Å². The average molecular weight is 367 g/mol. The van der Waals surface area contributed by atoms with E-state index in [0.29, 0.717) is 18.7 Å². The van der Waals surface area contributed by atoms with Crippen LogP contribution in [0.2, 0.25) is 0 Å². The Morgan fingerprint density at radius 1 is 1.07 bits per heavy atom. The zero-order valence-corrected chi connectivity index (χ0v) is 15.8. The first kappa shape index (κ1) is 18.1. The summed E-state index contributed by atoms with van der Waals surface area (Å²) in [6.07, 6.45) is 2.79. The number of hydrogen-bond acceptors (Lipinski definition) is 3. The predicted octanol–water partition coefficient (Wildman–Crippen LogP) is 3.54. The summed E-state index contributed by atoms with van der Waals surface area (Å²) in [7, 11) is 0. The number of nitrogens with zero attached hydrogens (tertiary/aromatic N) is 3. The van der Waals surface area contributed by atoms with Crippen LogP contribution in [0.25, 0.3) is 0 Å². The number of pyridine rings is 1. The highest BCUT2D eigenvalue weighted by Crippen LogP contribution is 2.41. The molecule has 1 aromatic carbocycles. The Labute approximate surface area is 160 Å². The Balaban J connectivity index is 1.45. The summed E-state index contributed by atoms with van der Waals surface area (Å²) < 4.78 is 14.0. The molecule has 0 unspecified atom stereocenters. The second-order valence-electron chi connectivity index (χ2n) is 7.93. The van der Waals surface area contributed by atoms with E-state index in [4.69, 9.17) is 0 Å². The van der Waals surface area contributed by atoms with Crippen molar-refractivity contribution >= 4 is 5.91 Å². The van der Waals surface area contributed by atoms with Gasteiger partial charge >= 0.3 is 0 Å². The van der Waals surface area contributed by atoms with Gasteiger partial charge in [-0.15, -0.1) is 0 Å². The van der Waals surface area contributed by atoms with Gasteiger partial charge in [0.25, 0.3) is 0 Å². The minimum Gasteiger partial charge on any atom is -0.338 e. The molecule has 2 saturated heterocycles. The highest BCUT2D eigenvalue weighted by Gasteiger charge is 2.48. The smallest absolute Gasteiger partial charge is 0.230 e. The van der Waals surface area contributed by atoms with E-state index in [1.54, 1.807) is 12.1 Å². The molecule has 3 heterocycles. The number of aromatic nitrogens is 1. The Kier molecular flexibility index (Phi) is 4.96. The lowest BCUT2D eigenvalue weighted by atomic mass is 9.78. The molecule has 0 radical (unpaired) electrons. The molecule has 4 rings (SSSR count). The number of hydrogen-bond donors (Lipinski definition) is 0. The lowest BCUT2D eigenvalue weighted by Crippen LogP contribution is -2.49. The summed E-state index contributed by atoms with van der Waals surface area (Å²) in [5.74, 6) is -0.0415. The van der Waals surface area contributed by atoms with Crippen molar-refractivity contribution in [2.24, 2.45) is 5.41 Å². The fourth-order valence-corrected chi connectivity index (χ4v) is 4.52. The van der Waals surface area contributed by atoms with Crippen LogP contribution in [0.15, 0.2) is 42.5 Å². The number of piperidine rings is 1. The maximum absolute atomic E-state index is 14.0. The molecule has 0 N–H and O–H groups in total. The van der Waals surface area contributed by atoms with Gasteiger partial charge in [0.2, 0.25) is 5.91 Å². The van der Waals surface area contributed by atoms with Gasteiger partial charge in [-0.2, -0.15) is 0 Å². The number of rotatable bonds is 4. The Morgan fingerprint density at radius 3 is 2.74 bits per heavy atom. The first-order valence-corrected chi connectivity index (χ1v) is 9.73. The molecule has 0 saturated carbocycles. The van der Waals surface area contributed by atoms with Gasteiger partial charge in [0.15, 0.2) is 0 Å². The van der Waals surface area contributed by atoms with Crippen LogP contribution in [0.3, 0.4) is 0 Å². The van der Waals surface area contributed by atoms with Crippen LogP contribution in [-0.2, 0) is 17.9 Å². The molecule has 1 aromatic heterocycles. The second kappa shape index (κ2) is 7.39. The van der Waals surface area contributed by atoms with E-state index in [-0.39, 0.29) is 17.1 Å². The van der Waals surface area contributed by atoms with E-state index in [1.165, 1.54) is 6.07 Å². The van der Waals surface area contributed by atoms with Crippen molar-refractivity contribution in [1.29, 1.82) is 0 Å². The fraction of sp³-hybridized carbons (Fsp3) is 0.455. The van der Waals surface area contributed by atoms with E-state index in [9.17, 15) is 9.18 Å². The first-order chi connectivity index (χ1) is 13.1. The monoisotopic (exact) mass is 367 g/mol. The summed E-state index contributed by atoms with van der Waals surface area (Å²) in [5.41, 5.74) is 2.36. The lowest BCUT2D eigenvalue weighted by Gasteiger charge is -2.39. The molecule has 5 heteroatoms. The van der Waals surface area contributed by atoms with Gasteiger partial charge in [-0.1, -0.05) is 24.3 Å². The third-order valence-corrected chi connectivity index (χ3v) is 5.91. The fourth-order valence-electron chi connectivity index (χ4n) is 4.52. The number of aryl methyl sites for hydroxylation is 1. The Hall–Kier alpha value is -2.27. The third kappa shape index (κ3) is 3.74. The molecular formula is C22H26FN3O. The molecule has 2 fully saturated rings. The minimum atomic E-state index is -0.312. The van der Waals surface area contributed by atoms with Crippen molar-refractivity contribution in [3.63, 3.8) is 0 Å². The third-order valence-electron chi connectivity index (χ3n) is 5.91. The topological polar surface area (TPSA) is 36.4 Å². The zero-order chi connectivity index (χ0) is 18.9. The zero-order valence-electron chi connectivity index (χ0n) is 15.8. The van der Waals surface area contributed by atoms with E-state index in [0.717, 1.165) is 50.3 Å². The normalized spacial score (nSPS) is 23.3. The van der Waals surface area contributed by atoms with Crippen LogP contribution >= 0.6 is 0 Å². The maximum atomic E-state index is 14.0. The maximum Gasteiger partial charge on any atom is 0.230 e. The summed E-state index contributed by atoms with van der Waals surface area (Å²) in [4.78, 5) is 22.1. The van der Waals surface area contributed by atoms with Crippen molar-refractivity contribution < 1.29 is 9.18 Å². The van der Waals surface area contributed by atoms with E-state index in [1.807, 2.05) is 36.1 Å². The minimum absolute atomic E-state index is 0.191. The molecule has 142 valence electrons. The van der Waals surface area contributed by atoms with Crippen LogP contribution in [0, 0.1) is 18.2 Å². The van der Waals surface area contributed by atoms with Gasteiger partial charge in [0.05, 0.1) is 11.1 Å². The summed E-state index contributed by atoms with van der Waals surface area (Å²) in [5, 5.41) is 0. The summed E-state index contributed by atoms with van der Waals surface area (Å²) in [6, 6.07) is 12.8. The lowest BCUT2D eigenvalue weighted by molar-refractivity contribution is -0.146. The van der Waals surface area contributed by atoms with Crippen molar-refractivity contribution in [2.75, 3.05) is 19.6 Å². The van der Waals surface area contributed by atoms with E-state index >= 15 is 0 Å². The van der Waals surface area contributed by atoms with E-state index < -0.39 is 0 Å². The van der Waals surface area contributed by atoms with Crippen molar-refractivity contribution in [1.82, 2.24) is 14.8 Å². The number of amides is 1. The quantitative estimate of drug-likeness (QED) is 0.829. The molecule has 1 amide bonds. The van der Waals surface area contributed by atoms with Crippen LogP contribution < -0.4 is 0 Å². The molecule has 4 nitrogen and oxygen atoms in total. The number of carbonyl (C=O) groups is 1. The first-order valence-electron chi connectivity index (χ1n) is 9.73. The highest BCUT2D eigenvalue weighted by atomic mass is 19.1. The molecule has 0 bridgehead atoms. The van der Waals surface area contributed by atoms with E-state index in [2.05, 4.69) is 9.88 Å². The number of benzene rings is 1. The standard InChI is InChI=1S/C22H26FN3O/c1-17-6-4-8-19(24-17)15-25-13-11-22(16-25)10-5-12-26(21(22)27)14-18-7-2-3-9-20(18)23/h2-4,6-9H,5,10-16H2,1H3/t22-/m0/s1. The second-order valence-corrected chi connectivity index (χ2v) is 7.93. The van der Waals surface area contributed by atoms with Crippen LogP contribution in [0.1, 0.15) is 36.2 Å². The molecule has 0 aliphatic carbocycles. The Bertz CT molecular complexity index is 840. The molecule has 27 heavy (non-hydrogen) atoms. The molecule has 1 spiro atoms. The SMILES string of the molecule is Cc1cccc(CN2CC[C@@]3(CCCN(Cc4ccccc4F)C3=O)C2)n1. The predicted molar refractivity (Wildman–Crippen MR) is 102 cm³/mol. The number of likely N-dealkylation sites (tertiary alicyclic amines) is 2. The molecule has 2 aliphatic rings. The van der Waals surface area contributed by atoms with Gasteiger partial charge in [-0.25, -0.2) is 4.39 Å². The molecular weight excluding hydrogens is 341 g/mol. The van der Waals surface area contributed by atoms with Gasteiger partial charge in [-0.3, -0.25) is 14.7 Å². The summed E-state index contributed by atoms with van der Waals surface area (Å²) in [6.45, 7) is 5.55. The number of halogens is 1. The largest absolute Gasteiger partial charge is 0.338 e. The molecule has 2 aromatic rings. The van der Waals surface area contributed by atoms with Gasteiger partial charge < -0.3 is 4.90 Å². The van der Waals surface area contributed by atoms with Crippen molar-refractivity contribution in [3.8, 4) is 0 Å². The highest BCUT2D eigenvalue weighted by molar-refractivity contribution is 5.84. The summed E-state index contributed by atoms with van der Waals surface area (Å²) >= 11 is 0. The molecule has 2 aliphatic heterocycles. The average Bonchev–Trinajstić information content (AvgIpc) is 3.04. The van der Waals surface area contributed by atoms with Crippen molar-refractivity contribution in [2.45, 2.75) is 39.3 Å². The molecule has 1 atom stereocenters. The van der Waals surface area contributed by atoms with Gasteiger partial charge in [0, 0.05) is 37.4 Å². The van der Waals surface area contributed by atoms with Gasteiger partial charge in [-0.05, 0) is 50.9 Å². The number of carbonyl (C=O) groups excluding carboxylic acids is 1. The van der Waals surface area contributed by atoms with Gasteiger partial charge in [0.1, 0.15) is 5.82 Å². The Morgan fingerprint density at radius 2 is 1.93 bits per heavy atom.